The molecule has 2 aliphatic heterocycles. The highest BCUT2D eigenvalue weighted by atomic mass is 19.2. The molecule has 2 saturated heterocycles. The van der Waals surface area contributed by atoms with Gasteiger partial charge < -0.3 is 29.5 Å². The SMILES string of the molecule is CC(O[C@@H]1[C@@H](n2cc(-c3cc(F)c(F)c(F)c3)nn2)[C@@H](O)[C@@H](CO)O[C@@]12CCCCO2)C(=O)O. The van der Waals surface area contributed by atoms with Gasteiger partial charge in [0.15, 0.2) is 29.3 Å². The molecule has 0 radical (unpaired) electrons. The second-order valence-corrected chi connectivity index (χ2v) is 8.31. The molecule has 1 aromatic heterocycles. The van der Waals surface area contributed by atoms with Gasteiger partial charge in [0.25, 0.3) is 0 Å². The number of hydrogen-bond acceptors (Lipinski definition) is 8. The van der Waals surface area contributed by atoms with Gasteiger partial charge in [-0.05, 0) is 31.9 Å². The number of carbonyl (C=O) groups is 1. The van der Waals surface area contributed by atoms with Crippen molar-refractivity contribution < 1.29 is 47.5 Å². The molecular formula is C21H24F3N3O7. The van der Waals surface area contributed by atoms with Gasteiger partial charge in [-0.1, -0.05) is 5.21 Å². The van der Waals surface area contributed by atoms with Gasteiger partial charge in [0, 0.05) is 12.0 Å². The van der Waals surface area contributed by atoms with Crippen molar-refractivity contribution in [3.8, 4) is 11.3 Å². The number of hydrogen-bond donors (Lipinski definition) is 3. The van der Waals surface area contributed by atoms with Crippen molar-refractivity contribution in [1.29, 1.82) is 0 Å². The lowest BCUT2D eigenvalue weighted by atomic mass is 9.86. The topological polar surface area (TPSA) is 136 Å². The monoisotopic (exact) mass is 487 g/mol. The van der Waals surface area contributed by atoms with Gasteiger partial charge in [-0.15, -0.1) is 5.10 Å². The van der Waals surface area contributed by atoms with E-state index in [1.165, 1.54) is 13.1 Å². The number of nitrogens with zero attached hydrogens (tertiary/aromatic N) is 3. The van der Waals surface area contributed by atoms with Crippen molar-refractivity contribution in [2.45, 2.75) is 62.4 Å². The molecule has 34 heavy (non-hydrogen) atoms. The van der Waals surface area contributed by atoms with Crippen molar-refractivity contribution >= 4 is 5.97 Å². The van der Waals surface area contributed by atoms with Crippen molar-refractivity contribution in [2.24, 2.45) is 0 Å². The molecule has 4 rings (SSSR count). The molecule has 186 valence electrons. The lowest BCUT2D eigenvalue weighted by Gasteiger charge is -2.52. The third kappa shape index (κ3) is 4.41. The normalized spacial score (nSPS) is 30.4. The second kappa shape index (κ2) is 9.58. The number of aromatic nitrogens is 3. The van der Waals surface area contributed by atoms with Crippen LogP contribution in [0.1, 0.15) is 32.2 Å². The smallest absolute Gasteiger partial charge is 0.332 e. The molecule has 13 heteroatoms. The zero-order valence-electron chi connectivity index (χ0n) is 18.1. The number of carboxylic acids is 1. The Labute approximate surface area is 191 Å². The Morgan fingerprint density at radius 2 is 2.03 bits per heavy atom. The summed E-state index contributed by atoms with van der Waals surface area (Å²) in [6, 6.07) is 0.341. The number of halogens is 3. The molecule has 0 amide bonds. The lowest BCUT2D eigenvalue weighted by Crippen LogP contribution is -2.66. The molecule has 6 atom stereocenters. The van der Waals surface area contributed by atoms with Gasteiger partial charge in [-0.2, -0.15) is 0 Å². The fourth-order valence-electron chi connectivity index (χ4n) is 4.32. The average molecular weight is 487 g/mol. The quantitative estimate of drug-likeness (QED) is 0.517. The van der Waals surface area contributed by atoms with E-state index in [4.69, 9.17) is 14.2 Å². The molecule has 1 spiro atoms. The van der Waals surface area contributed by atoms with E-state index in [0.717, 1.165) is 23.2 Å². The summed E-state index contributed by atoms with van der Waals surface area (Å²) >= 11 is 0. The van der Waals surface area contributed by atoms with Crippen LogP contribution in [-0.2, 0) is 19.0 Å². The molecule has 3 N–H and O–H groups in total. The van der Waals surface area contributed by atoms with E-state index in [-0.39, 0.29) is 17.9 Å². The third-order valence-electron chi connectivity index (χ3n) is 6.07. The second-order valence-electron chi connectivity index (χ2n) is 8.31. The van der Waals surface area contributed by atoms with E-state index in [1.807, 2.05) is 0 Å². The van der Waals surface area contributed by atoms with Crippen LogP contribution in [0, 0.1) is 17.5 Å². The van der Waals surface area contributed by atoms with Crippen LogP contribution in [-0.4, -0.2) is 79.7 Å². The highest BCUT2D eigenvalue weighted by Crippen LogP contribution is 2.44. The third-order valence-corrected chi connectivity index (χ3v) is 6.07. The zero-order valence-corrected chi connectivity index (χ0v) is 18.1. The predicted molar refractivity (Wildman–Crippen MR) is 107 cm³/mol. The first-order valence-corrected chi connectivity index (χ1v) is 10.7. The van der Waals surface area contributed by atoms with Crippen LogP contribution in [0.2, 0.25) is 0 Å². The van der Waals surface area contributed by atoms with Crippen LogP contribution < -0.4 is 0 Å². The Kier molecular flexibility index (Phi) is 6.92. The molecule has 2 aliphatic rings. The van der Waals surface area contributed by atoms with Gasteiger partial charge in [0.1, 0.15) is 30.0 Å². The molecule has 3 heterocycles. The van der Waals surface area contributed by atoms with Crippen LogP contribution >= 0.6 is 0 Å². The number of carboxylic acid groups (broad SMARTS) is 1. The van der Waals surface area contributed by atoms with Crippen molar-refractivity contribution in [2.75, 3.05) is 13.2 Å². The van der Waals surface area contributed by atoms with Crippen LogP contribution in [0.4, 0.5) is 13.2 Å². The Morgan fingerprint density at radius 3 is 2.62 bits per heavy atom. The maximum absolute atomic E-state index is 13.7. The molecule has 2 fully saturated rings. The number of aliphatic hydroxyl groups excluding tert-OH is 2. The van der Waals surface area contributed by atoms with E-state index in [2.05, 4.69) is 10.3 Å². The van der Waals surface area contributed by atoms with E-state index < -0.39 is 66.3 Å². The van der Waals surface area contributed by atoms with Gasteiger partial charge in [-0.3, -0.25) is 0 Å². The summed E-state index contributed by atoms with van der Waals surface area (Å²) in [6.45, 7) is 0.996. The standard InChI is InChI=1S/C21H24F3N3O7/c1-10(20(30)31)33-19-17(18(29)15(9-28)34-21(19)4-2-3-5-32-21)27-8-14(25-26-27)11-6-12(22)16(24)13(23)7-11/h6-8,10,15,17-19,28-29H,2-5,9H2,1H3,(H,30,31)/t10?,15-,17+,18+,19-,21+/m1/s1. The van der Waals surface area contributed by atoms with Crippen molar-refractivity contribution in [3.05, 3.63) is 35.8 Å². The van der Waals surface area contributed by atoms with Gasteiger partial charge in [0.2, 0.25) is 0 Å². The van der Waals surface area contributed by atoms with Crippen LogP contribution in [0.25, 0.3) is 11.3 Å². The van der Waals surface area contributed by atoms with Gasteiger partial charge in [-0.25, -0.2) is 22.6 Å². The van der Waals surface area contributed by atoms with Gasteiger partial charge >= 0.3 is 5.97 Å². The molecule has 10 nitrogen and oxygen atoms in total. The minimum atomic E-state index is -1.63. The first-order valence-electron chi connectivity index (χ1n) is 10.7. The molecule has 0 bridgehead atoms. The van der Waals surface area contributed by atoms with Crippen LogP contribution in [0.15, 0.2) is 18.3 Å². The first kappa shape index (κ1) is 24.5. The average Bonchev–Trinajstić information content (AvgIpc) is 3.30. The number of rotatable bonds is 6. The molecule has 0 saturated carbocycles. The fraction of sp³-hybridized carbons (Fsp3) is 0.571. The maximum Gasteiger partial charge on any atom is 0.332 e. The Balaban J connectivity index is 1.77. The minimum absolute atomic E-state index is 0.0410. The summed E-state index contributed by atoms with van der Waals surface area (Å²) in [5.41, 5.74) is -0.149. The largest absolute Gasteiger partial charge is 0.479 e. The number of aliphatic carboxylic acids is 1. The predicted octanol–water partition coefficient (Wildman–Crippen LogP) is 1.41. The number of benzene rings is 1. The molecule has 1 aromatic carbocycles. The fourth-order valence-corrected chi connectivity index (χ4v) is 4.32. The van der Waals surface area contributed by atoms with E-state index in [0.29, 0.717) is 12.8 Å². The highest BCUT2D eigenvalue weighted by molar-refractivity contribution is 5.71. The summed E-state index contributed by atoms with van der Waals surface area (Å²) < 4.78 is 59.6. The summed E-state index contributed by atoms with van der Waals surface area (Å²) in [6.07, 6.45) is -2.18. The Bertz CT molecular complexity index is 1020. The molecule has 0 aliphatic carbocycles. The summed E-state index contributed by atoms with van der Waals surface area (Å²) in [4.78, 5) is 11.5. The molecular weight excluding hydrogens is 463 g/mol. The zero-order chi connectivity index (χ0) is 24.6. The van der Waals surface area contributed by atoms with E-state index in [1.54, 1.807) is 0 Å². The maximum atomic E-state index is 13.7. The number of ether oxygens (including phenoxy) is 3. The molecule has 2 aromatic rings. The Morgan fingerprint density at radius 1 is 1.32 bits per heavy atom. The summed E-state index contributed by atoms with van der Waals surface area (Å²) in [5.74, 6) is -7.21. The van der Waals surface area contributed by atoms with Crippen molar-refractivity contribution in [3.63, 3.8) is 0 Å². The summed E-state index contributed by atoms with van der Waals surface area (Å²) in [7, 11) is 0. The summed E-state index contributed by atoms with van der Waals surface area (Å²) in [5, 5.41) is 38.0. The van der Waals surface area contributed by atoms with Gasteiger partial charge in [0.05, 0.1) is 19.4 Å². The van der Waals surface area contributed by atoms with E-state index >= 15 is 0 Å². The molecule has 1 unspecified atom stereocenters. The van der Waals surface area contributed by atoms with E-state index in [9.17, 15) is 33.3 Å². The first-order chi connectivity index (χ1) is 16.2. The minimum Gasteiger partial charge on any atom is -0.479 e. The van der Waals surface area contributed by atoms with Crippen LogP contribution in [0.3, 0.4) is 0 Å². The van der Waals surface area contributed by atoms with Crippen LogP contribution in [0.5, 0.6) is 0 Å². The highest BCUT2D eigenvalue weighted by Gasteiger charge is 2.58. The van der Waals surface area contributed by atoms with Crippen molar-refractivity contribution in [1.82, 2.24) is 15.0 Å². The Hall–Kier alpha value is -2.58. The lowest BCUT2D eigenvalue weighted by molar-refractivity contribution is -0.374. The number of aliphatic hydroxyl groups is 2.